The Morgan fingerprint density at radius 2 is 1.91 bits per heavy atom. The molecule has 1 N–H and O–H groups in total. The van der Waals surface area contributed by atoms with Gasteiger partial charge in [-0.25, -0.2) is 5.43 Å². The zero-order valence-corrected chi connectivity index (χ0v) is 20.9. The minimum atomic E-state index is -0.265. The highest BCUT2D eigenvalue weighted by Crippen LogP contribution is 2.28. The van der Waals surface area contributed by atoms with Gasteiger partial charge in [0.15, 0.2) is 11.0 Å². The number of hydrogen-bond donors (Lipinski definition) is 1. The summed E-state index contributed by atoms with van der Waals surface area (Å²) in [4.78, 5) is 16.5. The Morgan fingerprint density at radius 1 is 1.15 bits per heavy atom. The Kier molecular flexibility index (Phi) is 7.71. The molecule has 0 aliphatic heterocycles. The molecule has 172 valence electrons. The van der Waals surface area contributed by atoms with Gasteiger partial charge in [-0.1, -0.05) is 45.4 Å². The van der Waals surface area contributed by atoms with Gasteiger partial charge in [-0.3, -0.25) is 14.3 Å². The number of methoxy groups -OCH3 is 1. The Labute approximate surface area is 209 Å². The summed E-state index contributed by atoms with van der Waals surface area (Å²) >= 11 is 4.70. The number of hydrazone groups is 1. The van der Waals surface area contributed by atoms with Crippen molar-refractivity contribution in [3.05, 3.63) is 82.6 Å². The van der Waals surface area contributed by atoms with Crippen LogP contribution in [0.2, 0.25) is 0 Å². The van der Waals surface area contributed by atoms with Crippen molar-refractivity contribution in [1.82, 2.24) is 25.2 Å². The lowest BCUT2D eigenvalue weighted by Crippen LogP contribution is -2.20. The summed E-state index contributed by atoms with van der Waals surface area (Å²) < 4.78 is 8.13. The number of ether oxygens (including phenoxy) is 1. The lowest BCUT2D eigenvalue weighted by atomic mass is 10.2. The van der Waals surface area contributed by atoms with Gasteiger partial charge < -0.3 is 4.74 Å². The Morgan fingerprint density at radius 3 is 2.65 bits per heavy atom. The summed E-state index contributed by atoms with van der Waals surface area (Å²) in [6.45, 7) is 2.03. The molecule has 0 spiro atoms. The second-order valence-corrected chi connectivity index (χ2v) is 9.04. The summed E-state index contributed by atoms with van der Waals surface area (Å²) in [5, 5.41) is 13.4. The monoisotopic (exact) mass is 536 g/mol. The lowest BCUT2D eigenvalue weighted by Gasteiger charge is -2.10. The van der Waals surface area contributed by atoms with Crippen molar-refractivity contribution in [1.29, 1.82) is 0 Å². The number of carbonyl (C=O) groups excluding carboxylic acids is 1. The molecule has 0 bridgehead atoms. The van der Waals surface area contributed by atoms with E-state index in [1.165, 1.54) is 11.8 Å². The van der Waals surface area contributed by atoms with Crippen molar-refractivity contribution < 1.29 is 9.53 Å². The van der Waals surface area contributed by atoms with Crippen LogP contribution in [-0.2, 0) is 4.79 Å². The van der Waals surface area contributed by atoms with E-state index in [9.17, 15) is 4.79 Å². The maximum Gasteiger partial charge on any atom is 0.250 e. The molecule has 0 aliphatic carbocycles. The maximum absolute atomic E-state index is 12.4. The first-order valence-electron chi connectivity index (χ1n) is 10.3. The van der Waals surface area contributed by atoms with Crippen LogP contribution in [0.5, 0.6) is 5.75 Å². The van der Waals surface area contributed by atoms with Gasteiger partial charge in [0.05, 0.1) is 19.1 Å². The van der Waals surface area contributed by atoms with Gasteiger partial charge >= 0.3 is 0 Å². The first-order chi connectivity index (χ1) is 16.5. The van der Waals surface area contributed by atoms with E-state index < -0.39 is 0 Å². The number of halogens is 1. The molecule has 10 heteroatoms. The number of aryl methyl sites for hydroxylation is 1. The zero-order valence-electron chi connectivity index (χ0n) is 18.5. The molecule has 0 fully saturated rings. The third kappa shape index (κ3) is 5.70. The number of aromatic nitrogens is 4. The standard InChI is InChI=1S/C24H21BrN6O2S/c1-16-3-6-20(7-4-16)31-23(17-9-11-26-12-10-17)29-30-24(31)34-15-22(32)28-27-14-18-13-19(25)5-8-21(18)33-2/h3-14H,15H2,1-2H3,(H,28,32)/b27-14-. The molecule has 0 radical (unpaired) electrons. The number of nitrogens with zero attached hydrogens (tertiary/aromatic N) is 5. The fourth-order valence-electron chi connectivity index (χ4n) is 3.12. The molecular formula is C24H21BrN6O2S. The van der Waals surface area contributed by atoms with Crippen LogP contribution in [0.4, 0.5) is 0 Å². The van der Waals surface area contributed by atoms with Gasteiger partial charge in [0.1, 0.15) is 5.75 Å². The van der Waals surface area contributed by atoms with Gasteiger partial charge in [-0.15, -0.1) is 10.2 Å². The third-order valence-corrected chi connectivity index (χ3v) is 6.20. The van der Waals surface area contributed by atoms with E-state index in [0.29, 0.717) is 16.7 Å². The van der Waals surface area contributed by atoms with E-state index >= 15 is 0 Å². The average molecular weight is 537 g/mol. The van der Waals surface area contributed by atoms with E-state index in [1.54, 1.807) is 25.7 Å². The molecule has 0 saturated carbocycles. The second-order valence-electron chi connectivity index (χ2n) is 7.18. The second kappa shape index (κ2) is 11.1. The summed E-state index contributed by atoms with van der Waals surface area (Å²) in [7, 11) is 1.58. The van der Waals surface area contributed by atoms with E-state index in [4.69, 9.17) is 4.74 Å². The number of amides is 1. The minimum Gasteiger partial charge on any atom is -0.496 e. The SMILES string of the molecule is COc1ccc(Br)cc1/C=N\NC(=O)CSc1nnc(-c2ccncc2)n1-c1ccc(C)cc1. The van der Waals surface area contributed by atoms with Crippen LogP contribution in [0.15, 0.2) is 81.7 Å². The van der Waals surface area contributed by atoms with Crippen LogP contribution >= 0.6 is 27.7 Å². The Hall–Kier alpha value is -3.50. The first kappa shape index (κ1) is 23.7. The maximum atomic E-state index is 12.4. The average Bonchev–Trinajstić information content (AvgIpc) is 3.28. The summed E-state index contributed by atoms with van der Waals surface area (Å²) in [6.07, 6.45) is 4.96. The van der Waals surface area contributed by atoms with Gasteiger partial charge in [-0.05, 0) is 49.4 Å². The van der Waals surface area contributed by atoms with Crippen LogP contribution in [-0.4, -0.2) is 44.7 Å². The van der Waals surface area contributed by atoms with Crippen LogP contribution in [0.3, 0.4) is 0 Å². The van der Waals surface area contributed by atoms with Crippen molar-refractivity contribution in [2.45, 2.75) is 12.1 Å². The van der Waals surface area contributed by atoms with E-state index in [0.717, 1.165) is 26.9 Å². The highest BCUT2D eigenvalue weighted by molar-refractivity contribution is 9.10. The molecule has 1 amide bonds. The molecule has 0 unspecified atom stereocenters. The Balaban J connectivity index is 1.50. The van der Waals surface area contributed by atoms with Crippen LogP contribution in [0.1, 0.15) is 11.1 Å². The molecule has 4 rings (SSSR count). The molecule has 34 heavy (non-hydrogen) atoms. The number of thioether (sulfide) groups is 1. The molecule has 2 aromatic heterocycles. The molecule has 2 heterocycles. The van der Waals surface area contributed by atoms with E-state index in [-0.39, 0.29) is 11.7 Å². The number of carbonyl (C=O) groups is 1. The summed E-state index contributed by atoms with van der Waals surface area (Å²) in [6, 6.07) is 17.4. The highest BCUT2D eigenvalue weighted by atomic mass is 79.9. The topological polar surface area (TPSA) is 94.3 Å². The number of nitrogens with one attached hydrogen (secondary N) is 1. The molecular weight excluding hydrogens is 516 g/mol. The van der Waals surface area contributed by atoms with Crippen molar-refractivity contribution >= 4 is 39.8 Å². The van der Waals surface area contributed by atoms with Crippen molar-refractivity contribution in [3.63, 3.8) is 0 Å². The molecule has 4 aromatic rings. The predicted molar refractivity (Wildman–Crippen MR) is 136 cm³/mol. The van der Waals surface area contributed by atoms with Crippen LogP contribution < -0.4 is 10.2 Å². The largest absolute Gasteiger partial charge is 0.496 e. The van der Waals surface area contributed by atoms with E-state index in [1.807, 2.05) is 66.1 Å². The molecule has 0 saturated heterocycles. The van der Waals surface area contributed by atoms with Gasteiger partial charge in [0.2, 0.25) is 0 Å². The van der Waals surface area contributed by atoms with Gasteiger partial charge in [-0.2, -0.15) is 5.10 Å². The lowest BCUT2D eigenvalue weighted by molar-refractivity contribution is -0.118. The summed E-state index contributed by atoms with van der Waals surface area (Å²) in [5.41, 5.74) is 6.23. The molecule has 0 aliphatic rings. The molecule has 8 nitrogen and oxygen atoms in total. The highest BCUT2D eigenvalue weighted by Gasteiger charge is 2.17. The van der Waals surface area contributed by atoms with Crippen molar-refractivity contribution in [3.8, 4) is 22.8 Å². The fraction of sp³-hybridized carbons (Fsp3) is 0.125. The first-order valence-corrected chi connectivity index (χ1v) is 12.0. The predicted octanol–water partition coefficient (Wildman–Crippen LogP) is 4.65. The smallest absolute Gasteiger partial charge is 0.250 e. The number of pyridine rings is 1. The van der Waals surface area contributed by atoms with Gasteiger partial charge in [0, 0.05) is 33.7 Å². The van der Waals surface area contributed by atoms with E-state index in [2.05, 4.69) is 41.6 Å². The quantitative estimate of drug-likeness (QED) is 0.200. The third-order valence-electron chi connectivity index (χ3n) is 4.78. The normalized spacial score (nSPS) is 11.0. The number of rotatable bonds is 8. The Bertz CT molecular complexity index is 1310. The van der Waals surface area contributed by atoms with Crippen LogP contribution in [0, 0.1) is 6.92 Å². The minimum absolute atomic E-state index is 0.118. The fourth-order valence-corrected chi connectivity index (χ4v) is 4.24. The van der Waals surface area contributed by atoms with Crippen LogP contribution in [0.25, 0.3) is 17.1 Å². The molecule has 2 aromatic carbocycles. The van der Waals surface area contributed by atoms with Crippen molar-refractivity contribution in [2.24, 2.45) is 5.10 Å². The number of hydrogen-bond acceptors (Lipinski definition) is 7. The zero-order chi connectivity index (χ0) is 23.9. The summed E-state index contributed by atoms with van der Waals surface area (Å²) in [5.74, 6) is 1.19. The number of benzene rings is 2. The van der Waals surface area contributed by atoms with Gasteiger partial charge in [0.25, 0.3) is 5.91 Å². The molecule has 0 atom stereocenters. The van der Waals surface area contributed by atoms with Crippen molar-refractivity contribution in [2.75, 3.05) is 12.9 Å².